The van der Waals surface area contributed by atoms with Crippen LogP contribution in [0.2, 0.25) is 5.02 Å². The number of anilines is 1. The summed E-state index contributed by atoms with van der Waals surface area (Å²) in [6, 6.07) is 3.66. The second-order valence-corrected chi connectivity index (χ2v) is 5.31. The third-order valence-corrected chi connectivity index (χ3v) is 4.01. The van der Waals surface area contributed by atoms with Gasteiger partial charge in [-0.3, -0.25) is 4.79 Å². The predicted octanol–water partition coefficient (Wildman–Crippen LogP) is 2.77. The lowest BCUT2D eigenvalue weighted by Crippen LogP contribution is -2.35. The molecule has 1 aromatic carbocycles. The Morgan fingerprint density at radius 2 is 2.05 bits per heavy atom. The van der Waals surface area contributed by atoms with Gasteiger partial charge in [-0.25, -0.2) is 0 Å². The van der Waals surface area contributed by atoms with Gasteiger partial charge in [0.15, 0.2) is 5.75 Å². The lowest BCUT2D eigenvalue weighted by atomic mass is 10.1. The number of rotatable bonds is 1. The fourth-order valence-electron chi connectivity index (χ4n) is 2.61. The van der Waals surface area contributed by atoms with Crippen molar-refractivity contribution < 1.29 is 9.53 Å². The molecular formula is C14H17ClN2O2. The minimum absolute atomic E-state index is 0.0154. The van der Waals surface area contributed by atoms with Crippen LogP contribution in [0.25, 0.3) is 0 Å². The summed E-state index contributed by atoms with van der Waals surface area (Å²) in [5.41, 5.74) is 1.41. The van der Waals surface area contributed by atoms with Crippen molar-refractivity contribution in [2.75, 3.05) is 31.6 Å². The first-order valence-corrected chi connectivity index (χ1v) is 7.13. The highest BCUT2D eigenvalue weighted by atomic mass is 35.5. The molecule has 2 aliphatic heterocycles. The van der Waals surface area contributed by atoms with E-state index in [0.717, 1.165) is 38.2 Å². The van der Waals surface area contributed by atoms with Crippen molar-refractivity contribution in [3.05, 3.63) is 22.7 Å². The van der Waals surface area contributed by atoms with Crippen molar-refractivity contribution in [1.29, 1.82) is 0 Å². The topological polar surface area (TPSA) is 41.6 Å². The van der Waals surface area contributed by atoms with Crippen LogP contribution in [0.1, 0.15) is 29.6 Å². The van der Waals surface area contributed by atoms with Gasteiger partial charge >= 0.3 is 0 Å². The lowest BCUT2D eigenvalue weighted by molar-refractivity contribution is 0.0724. The van der Waals surface area contributed by atoms with E-state index in [9.17, 15) is 4.79 Å². The van der Waals surface area contributed by atoms with Gasteiger partial charge in [0, 0.05) is 19.6 Å². The van der Waals surface area contributed by atoms with E-state index < -0.39 is 0 Å². The van der Waals surface area contributed by atoms with E-state index in [1.54, 1.807) is 6.07 Å². The summed E-state index contributed by atoms with van der Waals surface area (Å²) in [4.78, 5) is 14.4. The van der Waals surface area contributed by atoms with E-state index in [-0.39, 0.29) is 5.91 Å². The normalized spacial score (nSPS) is 18.3. The summed E-state index contributed by atoms with van der Waals surface area (Å²) < 4.78 is 5.57. The molecule has 0 atom stereocenters. The van der Waals surface area contributed by atoms with E-state index in [1.807, 2.05) is 11.0 Å². The fraction of sp³-hybridized carbons (Fsp3) is 0.500. The van der Waals surface area contributed by atoms with E-state index in [4.69, 9.17) is 16.3 Å². The van der Waals surface area contributed by atoms with Gasteiger partial charge in [0.05, 0.1) is 16.3 Å². The number of carbonyl (C=O) groups is 1. The van der Waals surface area contributed by atoms with Gasteiger partial charge in [-0.1, -0.05) is 11.6 Å². The zero-order chi connectivity index (χ0) is 13.2. The summed E-state index contributed by atoms with van der Waals surface area (Å²) in [6.45, 7) is 2.99. The Morgan fingerprint density at radius 3 is 2.84 bits per heavy atom. The molecule has 5 heteroatoms. The second-order valence-electron chi connectivity index (χ2n) is 4.93. The quantitative estimate of drug-likeness (QED) is 0.860. The van der Waals surface area contributed by atoms with Gasteiger partial charge in [-0.2, -0.15) is 0 Å². The Kier molecular flexibility index (Phi) is 3.51. The first-order chi connectivity index (χ1) is 9.27. The van der Waals surface area contributed by atoms with Gasteiger partial charge < -0.3 is 15.0 Å². The van der Waals surface area contributed by atoms with Crippen molar-refractivity contribution in [1.82, 2.24) is 4.90 Å². The van der Waals surface area contributed by atoms with Crippen LogP contribution in [0.15, 0.2) is 12.1 Å². The molecule has 102 valence electrons. The number of benzene rings is 1. The van der Waals surface area contributed by atoms with Gasteiger partial charge in [0.25, 0.3) is 5.91 Å². The molecular weight excluding hydrogens is 264 g/mol. The molecule has 2 aliphatic rings. The van der Waals surface area contributed by atoms with Crippen molar-refractivity contribution in [2.24, 2.45) is 0 Å². The van der Waals surface area contributed by atoms with Crippen molar-refractivity contribution in [2.45, 2.75) is 19.3 Å². The molecule has 0 bridgehead atoms. The maximum Gasteiger partial charge on any atom is 0.255 e. The minimum atomic E-state index is 0.0154. The molecule has 0 aromatic heterocycles. The van der Waals surface area contributed by atoms with Gasteiger partial charge in [0.1, 0.15) is 6.61 Å². The maximum atomic E-state index is 12.5. The summed E-state index contributed by atoms with van der Waals surface area (Å²) in [6.07, 6.45) is 3.35. The number of halogens is 1. The highest BCUT2D eigenvalue weighted by molar-refractivity contribution is 6.35. The van der Waals surface area contributed by atoms with E-state index in [0.29, 0.717) is 22.9 Å². The van der Waals surface area contributed by atoms with E-state index >= 15 is 0 Å². The largest absolute Gasteiger partial charge is 0.488 e. The van der Waals surface area contributed by atoms with Crippen LogP contribution in [0.5, 0.6) is 5.75 Å². The standard InChI is InChI=1S/C14H17ClN2O2/c15-12-10(14(18)17-7-2-1-3-8-17)4-5-11-13(12)19-9-6-16-11/h4-5,16H,1-3,6-9H2. The van der Waals surface area contributed by atoms with Crippen molar-refractivity contribution in [3.63, 3.8) is 0 Å². The van der Waals surface area contributed by atoms with Gasteiger partial charge in [0.2, 0.25) is 0 Å². The van der Waals surface area contributed by atoms with Gasteiger partial charge in [-0.05, 0) is 31.4 Å². The lowest BCUT2D eigenvalue weighted by Gasteiger charge is -2.28. The molecule has 0 saturated carbocycles. The number of carbonyl (C=O) groups excluding carboxylic acids is 1. The molecule has 1 amide bonds. The molecule has 3 rings (SSSR count). The molecule has 1 aromatic rings. The molecule has 1 saturated heterocycles. The Bertz CT molecular complexity index is 498. The average Bonchev–Trinajstić information content (AvgIpc) is 2.48. The smallest absolute Gasteiger partial charge is 0.255 e. The number of nitrogens with zero attached hydrogens (tertiary/aromatic N) is 1. The summed E-state index contributed by atoms with van der Waals surface area (Å²) in [5.74, 6) is 0.623. The molecule has 0 unspecified atom stereocenters. The molecule has 0 spiro atoms. The van der Waals surface area contributed by atoms with Crippen LogP contribution < -0.4 is 10.1 Å². The third kappa shape index (κ3) is 2.37. The number of ether oxygens (including phenoxy) is 1. The predicted molar refractivity (Wildman–Crippen MR) is 75.2 cm³/mol. The third-order valence-electron chi connectivity index (χ3n) is 3.63. The van der Waals surface area contributed by atoms with Crippen molar-refractivity contribution in [3.8, 4) is 5.75 Å². The number of likely N-dealkylation sites (tertiary alicyclic amines) is 1. The number of piperidine rings is 1. The van der Waals surface area contributed by atoms with Crippen molar-refractivity contribution >= 4 is 23.2 Å². The Balaban J connectivity index is 1.90. The fourth-order valence-corrected chi connectivity index (χ4v) is 2.91. The summed E-state index contributed by atoms with van der Waals surface area (Å²) >= 11 is 6.33. The second kappa shape index (κ2) is 5.29. The summed E-state index contributed by atoms with van der Waals surface area (Å²) in [7, 11) is 0. The number of amides is 1. The SMILES string of the molecule is O=C(c1ccc2c(c1Cl)OCCN2)N1CCCCC1. The summed E-state index contributed by atoms with van der Waals surface area (Å²) in [5, 5.41) is 3.65. The van der Waals surface area contributed by atoms with Crippen LogP contribution in [0.3, 0.4) is 0 Å². The van der Waals surface area contributed by atoms with E-state index in [1.165, 1.54) is 6.42 Å². The number of hydrogen-bond donors (Lipinski definition) is 1. The van der Waals surface area contributed by atoms with E-state index in [2.05, 4.69) is 5.32 Å². The maximum absolute atomic E-state index is 12.5. The first kappa shape index (κ1) is 12.6. The zero-order valence-corrected chi connectivity index (χ0v) is 11.5. The molecule has 2 heterocycles. The monoisotopic (exact) mass is 280 g/mol. The first-order valence-electron chi connectivity index (χ1n) is 6.76. The molecule has 4 nitrogen and oxygen atoms in total. The number of fused-ring (bicyclic) bond motifs is 1. The number of nitrogens with one attached hydrogen (secondary N) is 1. The Hall–Kier alpha value is -1.42. The molecule has 19 heavy (non-hydrogen) atoms. The Labute approximate surface area is 117 Å². The molecule has 1 fully saturated rings. The molecule has 0 radical (unpaired) electrons. The van der Waals surface area contributed by atoms with Crippen LogP contribution in [-0.2, 0) is 0 Å². The highest BCUT2D eigenvalue weighted by Gasteiger charge is 2.24. The van der Waals surface area contributed by atoms with Crippen LogP contribution in [0.4, 0.5) is 5.69 Å². The van der Waals surface area contributed by atoms with Crippen LogP contribution >= 0.6 is 11.6 Å². The minimum Gasteiger partial charge on any atom is -0.488 e. The average molecular weight is 281 g/mol. The van der Waals surface area contributed by atoms with Crippen LogP contribution in [0, 0.1) is 0 Å². The van der Waals surface area contributed by atoms with Crippen LogP contribution in [-0.4, -0.2) is 37.0 Å². The molecule has 1 N–H and O–H groups in total. The Morgan fingerprint density at radius 1 is 1.26 bits per heavy atom. The van der Waals surface area contributed by atoms with Gasteiger partial charge in [-0.15, -0.1) is 0 Å². The highest BCUT2D eigenvalue weighted by Crippen LogP contribution is 2.38. The molecule has 0 aliphatic carbocycles. The number of hydrogen-bond acceptors (Lipinski definition) is 3. The zero-order valence-electron chi connectivity index (χ0n) is 10.7.